The number of hydrogen-bond acceptors (Lipinski definition) is 3. The minimum absolute atomic E-state index is 0.791. The molecule has 3 aromatic rings. The number of nitrogens with zero attached hydrogens (tertiary/aromatic N) is 3. The molecule has 0 saturated heterocycles. The molecule has 25 heavy (non-hydrogen) atoms. The highest BCUT2D eigenvalue weighted by molar-refractivity contribution is 5.79. The topological polar surface area (TPSA) is 29.0 Å². The standard InChI is InChI=1S/C22H27N3/c1-3-5-15-25(16-6-4-2)20-13-11-18(12-14-20)22-23-17-19-9-7-8-10-21(19)24-22/h7-14,17H,3-6,15-16H2,1-2H3. The zero-order valence-corrected chi connectivity index (χ0v) is 15.3. The highest BCUT2D eigenvalue weighted by atomic mass is 15.1. The van der Waals surface area contributed by atoms with E-state index in [9.17, 15) is 0 Å². The van der Waals surface area contributed by atoms with Crippen molar-refractivity contribution in [1.82, 2.24) is 9.97 Å². The van der Waals surface area contributed by atoms with Crippen LogP contribution < -0.4 is 4.90 Å². The van der Waals surface area contributed by atoms with Crippen molar-refractivity contribution in [2.24, 2.45) is 0 Å². The number of benzene rings is 2. The normalized spacial score (nSPS) is 11.0. The van der Waals surface area contributed by atoms with Crippen LogP contribution in [0.15, 0.2) is 54.7 Å². The van der Waals surface area contributed by atoms with Crippen LogP contribution in [0, 0.1) is 0 Å². The molecular weight excluding hydrogens is 306 g/mol. The van der Waals surface area contributed by atoms with Crippen LogP contribution in [0.3, 0.4) is 0 Å². The summed E-state index contributed by atoms with van der Waals surface area (Å²) in [5.41, 5.74) is 3.36. The molecule has 0 bridgehead atoms. The van der Waals surface area contributed by atoms with E-state index < -0.39 is 0 Å². The summed E-state index contributed by atoms with van der Waals surface area (Å²) < 4.78 is 0. The molecule has 3 rings (SSSR count). The van der Waals surface area contributed by atoms with Gasteiger partial charge >= 0.3 is 0 Å². The Balaban J connectivity index is 1.81. The van der Waals surface area contributed by atoms with Gasteiger partial charge < -0.3 is 4.90 Å². The monoisotopic (exact) mass is 333 g/mol. The molecule has 0 radical (unpaired) electrons. The van der Waals surface area contributed by atoms with Gasteiger partial charge in [0.15, 0.2) is 5.82 Å². The maximum absolute atomic E-state index is 4.69. The van der Waals surface area contributed by atoms with Crippen molar-refractivity contribution in [3.05, 3.63) is 54.7 Å². The van der Waals surface area contributed by atoms with E-state index in [1.807, 2.05) is 30.5 Å². The second-order valence-electron chi connectivity index (χ2n) is 6.49. The van der Waals surface area contributed by atoms with Gasteiger partial charge in [0.05, 0.1) is 5.52 Å². The van der Waals surface area contributed by atoms with E-state index in [1.165, 1.54) is 31.4 Å². The van der Waals surface area contributed by atoms with Crippen molar-refractivity contribution >= 4 is 16.6 Å². The number of para-hydroxylation sites is 1. The molecular formula is C22H27N3. The Hall–Kier alpha value is -2.42. The SMILES string of the molecule is CCCCN(CCCC)c1ccc(-c2ncc3ccccc3n2)cc1. The molecule has 0 spiro atoms. The molecule has 0 amide bonds. The second-order valence-corrected chi connectivity index (χ2v) is 6.49. The lowest BCUT2D eigenvalue weighted by Crippen LogP contribution is -2.25. The summed E-state index contributed by atoms with van der Waals surface area (Å²) in [6.45, 7) is 6.75. The van der Waals surface area contributed by atoms with Gasteiger partial charge in [0.25, 0.3) is 0 Å². The number of fused-ring (bicyclic) bond motifs is 1. The van der Waals surface area contributed by atoms with Gasteiger partial charge in [0, 0.05) is 35.9 Å². The average molecular weight is 333 g/mol. The van der Waals surface area contributed by atoms with Gasteiger partial charge in [-0.2, -0.15) is 0 Å². The molecule has 0 aliphatic rings. The van der Waals surface area contributed by atoms with Crippen LogP contribution in [-0.2, 0) is 0 Å². The van der Waals surface area contributed by atoms with Crippen molar-refractivity contribution in [2.45, 2.75) is 39.5 Å². The molecule has 0 atom stereocenters. The predicted octanol–water partition coefficient (Wildman–Crippen LogP) is 5.70. The Kier molecular flexibility index (Phi) is 5.99. The first-order valence-corrected chi connectivity index (χ1v) is 9.39. The molecule has 0 saturated carbocycles. The fraction of sp³-hybridized carbons (Fsp3) is 0.364. The third-order valence-electron chi connectivity index (χ3n) is 4.54. The summed E-state index contributed by atoms with van der Waals surface area (Å²) >= 11 is 0. The van der Waals surface area contributed by atoms with Crippen molar-refractivity contribution in [3.8, 4) is 11.4 Å². The second kappa shape index (κ2) is 8.61. The first-order valence-electron chi connectivity index (χ1n) is 9.39. The van der Waals surface area contributed by atoms with Crippen LogP contribution in [0.1, 0.15) is 39.5 Å². The number of aromatic nitrogens is 2. The zero-order valence-electron chi connectivity index (χ0n) is 15.3. The first-order chi connectivity index (χ1) is 12.3. The number of anilines is 1. The molecule has 0 unspecified atom stereocenters. The fourth-order valence-electron chi connectivity index (χ4n) is 3.00. The van der Waals surface area contributed by atoms with E-state index in [4.69, 9.17) is 4.98 Å². The van der Waals surface area contributed by atoms with Gasteiger partial charge in [-0.15, -0.1) is 0 Å². The lowest BCUT2D eigenvalue weighted by molar-refractivity contribution is 0.678. The van der Waals surface area contributed by atoms with E-state index in [1.54, 1.807) is 0 Å². The highest BCUT2D eigenvalue weighted by Crippen LogP contribution is 2.23. The molecule has 3 nitrogen and oxygen atoms in total. The summed E-state index contributed by atoms with van der Waals surface area (Å²) in [4.78, 5) is 11.7. The van der Waals surface area contributed by atoms with E-state index >= 15 is 0 Å². The molecule has 3 heteroatoms. The maximum atomic E-state index is 4.69. The van der Waals surface area contributed by atoms with E-state index in [0.29, 0.717) is 0 Å². The molecule has 0 N–H and O–H groups in total. The molecule has 0 aliphatic heterocycles. The highest BCUT2D eigenvalue weighted by Gasteiger charge is 2.08. The molecule has 0 aliphatic carbocycles. The van der Waals surface area contributed by atoms with Gasteiger partial charge in [0.2, 0.25) is 0 Å². The van der Waals surface area contributed by atoms with Crippen LogP contribution in [0.2, 0.25) is 0 Å². The quantitative estimate of drug-likeness (QED) is 0.529. The number of hydrogen-bond donors (Lipinski definition) is 0. The number of rotatable bonds is 8. The minimum Gasteiger partial charge on any atom is -0.372 e. The summed E-state index contributed by atoms with van der Waals surface area (Å²) in [5.74, 6) is 0.791. The molecule has 1 heterocycles. The third-order valence-corrected chi connectivity index (χ3v) is 4.54. The van der Waals surface area contributed by atoms with Gasteiger partial charge in [0.1, 0.15) is 0 Å². The Morgan fingerprint density at radius 2 is 1.52 bits per heavy atom. The van der Waals surface area contributed by atoms with Crippen LogP contribution in [0.5, 0.6) is 0 Å². The van der Waals surface area contributed by atoms with Gasteiger partial charge in [-0.25, -0.2) is 9.97 Å². The van der Waals surface area contributed by atoms with Crippen LogP contribution in [0.25, 0.3) is 22.3 Å². The third kappa shape index (κ3) is 4.36. The van der Waals surface area contributed by atoms with E-state index in [-0.39, 0.29) is 0 Å². The first kappa shape index (κ1) is 17.4. The number of unbranched alkanes of at least 4 members (excludes halogenated alkanes) is 2. The Morgan fingerprint density at radius 3 is 2.20 bits per heavy atom. The summed E-state index contributed by atoms with van der Waals surface area (Å²) in [5, 5.41) is 1.08. The van der Waals surface area contributed by atoms with E-state index in [0.717, 1.165) is 35.4 Å². The molecule has 130 valence electrons. The Bertz CT molecular complexity index is 788. The van der Waals surface area contributed by atoms with Crippen molar-refractivity contribution in [2.75, 3.05) is 18.0 Å². The Morgan fingerprint density at radius 1 is 0.840 bits per heavy atom. The lowest BCUT2D eigenvalue weighted by atomic mass is 10.1. The smallest absolute Gasteiger partial charge is 0.159 e. The largest absolute Gasteiger partial charge is 0.372 e. The zero-order chi connectivity index (χ0) is 17.5. The summed E-state index contributed by atoms with van der Waals surface area (Å²) in [6.07, 6.45) is 6.83. The van der Waals surface area contributed by atoms with Crippen LogP contribution >= 0.6 is 0 Å². The Labute approximate surface area is 150 Å². The molecule has 1 aromatic heterocycles. The molecule has 0 fully saturated rings. The van der Waals surface area contributed by atoms with Gasteiger partial charge in [-0.05, 0) is 43.2 Å². The summed E-state index contributed by atoms with van der Waals surface area (Å²) in [6, 6.07) is 16.8. The van der Waals surface area contributed by atoms with Crippen molar-refractivity contribution < 1.29 is 0 Å². The van der Waals surface area contributed by atoms with Gasteiger partial charge in [-0.1, -0.05) is 44.9 Å². The van der Waals surface area contributed by atoms with E-state index in [2.05, 4.69) is 48.0 Å². The average Bonchev–Trinajstić information content (AvgIpc) is 2.68. The maximum Gasteiger partial charge on any atom is 0.159 e. The summed E-state index contributed by atoms with van der Waals surface area (Å²) in [7, 11) is 0. The van der Waals surface area contributed by atoms with Crippen molar-refractivity contribution in [3.63, 3.8) is 0 Å². The van der Waals surface area contributed by atoms with Crippen LogP contribution in [-0.4, -0.2) is 23.1 Å². The van der Waals surface area contributed by atoms with Crippen molar-refractivity contribution in [1.29, 1.82) is 0 Å². The lowest BCUT2D eigenvalue weighted by Gasteiger charge is -2.24. The molecule has 2 aromatic carbocycles. The fourth-order valence-corrected chi connectivity index (χ4v) is 3.00. The minimum atomic E-state index is 0.791. The van der Waals surface area contributed by atoms with Gasteiger partial charge in [-0.3, -0.25) is 0 Å². The predicted molar refractivity (Wildman–Crippen MR) is 107 cm³/mol. The van der Waals surface area contributed by atoms with Crippen LogP contribution in [0.4, 0.5) is 5.69 Å².